The lowest BCUT2D eigenvalue weighted by molar-refractivity contribution is -0.384. The van der Waals surface area contributed by atoms with Crippen molar-refractivity contribution in [1.29, 1.82) is 0 Å². The molecule has 0 aliphatic heterocycles. The van der Waals surface area contributed by atoms with E-state index >= 15 is 0 Å². The van der Waals surface area contributed by atoms with Crippen molar-refractivity contribution in [3.63, 3.8) is 0 Å². The average Bonchev–Trinajstić information content (AvgIpc) is 2.29. The van der Waals surface area contributed by atoms with Gasteiger partial charge in [0.05, 0.1) is 17.1 Å². The van der Waals surface area contributed by atoms with E-state index in [1.807, 2.05) is 6.92 Å². The molecular formula is C10H15N3O3. The topological polar surface area (TPSA) is 88.3 Å². The van der Waals surface area contributed by atoms with Crippen molar-refractivity contribution in [2.45, 2.75) is 25.8 Å². The molecule has 0 saturated carbocycles. The number of nitrogens with one attached hydrogen (secondary N) is 1. The van der Waals surface area contributed by atoms with Crippen LogP contribution in [0.25, 0.3) is 0 Å². The standard InChI is InChI=1S/C10H15N3O3/c1-3-10(2,7-14)12-8-4-5-11-6-9(8)13(15)16/h4-6,14H,3,7H2,1-2H3,(H,11,12). The molecule has 1 rings (SSSR count). The minimum atomic E-state index is -0.563. The molecule has 2 N–H and O–H groups in total. The van der Waals surface area contributed by atoms with Gasteiger partial charge in [-0.15, -0.1) is 0 Å². The summed E-state index contributed by atoms with van der Waals surface area (Å²) in [5, 5.41) is 22.9. The molecule has 0 bridgehead atoms. The molecule has 0 aliphatic rings. The number of aliphatic hydroxyl groups is 1. The van der Waals surface area contributed by atoms with Crippen LogP contribution in [0.15, 0.2) is 18.5 Å². The van der Waals surface area contributed by atoms with E-state index in [1.165, 1.54) is 18.5 Å². The van der Waals surface area contributed by atoms with Gasteiger partial charge in [-0.2, -0.15) is 0 Å². The highest BCUT2D eigenvalue weighted by atomic mass is 16.6. The van der Waals surface area contributed by atoms with E-state index in [0.717, 1.165) is 0 Å². The van der Waals surface area contributed by atoms with E-state index in [0.29, 0.717) is 12.1 Å². The van der Waals surface area contributed by atoms with Crippen molar-refractivity contribution in [1.82, 2.24) is 4.98 Å². The van der Waals surface area contributed by atoms with Crippen LogP contribution in [0.1, 0.15) is 20.3 Å². The van der Waals surface area contributed by atoms with Crippen LogP contribution < -0.4 is 5.32 Å². The van der Waals surface area contributed by atoms with Gasteiger partial charge in [-0.1, -0.05) is 6.92 Å². The molecule has 0 aromatic carbocycles. The maximum absolute atomic E-state index is 10.7. The summed E-state index contributed by atoms with van der Waals surface area (Å²) in [6.45, 7) is 3.61. The molecule has 0 spiro atoms. The third kappa shape index (κ3) is 2.66. The van der Waals surface area contributed by atoms with E-state index in [9.17, 15) is 15.2 Å². The zero-order valence-corrected chi connectivity index (χ0v) is 9.30. The van der Waals surface area contributed by atoms with Crippen LogP contribution in [0.2, 0.25) is 0 Å². The molecule has 1 atom stereocenters. The fourth-order valence-corrected chi connectivity index (χ4v) is 1.20. The molecule has 1 aromatic rings. The molecular weight excluding hydrogens is 210 g/mol. The number of aliphatic hydroxyl groups excluding tert-OH is 1. The zero-order valence-electron chi connectivity index (χ0n) is 9.30. The Balaban J connectivity index is 3.01. The Morgan fingerprint density at radius 2 is 2.38 bits per heavy atom. The molecule has 1 heterocycles. The van der Waals surface area contributed by atoms with Crippen molar-refractivity contribution in [3.8, 4) is 0 Å². The van der Waals surface area contributed by atoms with Gasteiger partial charge in [0.2, 0.25) is 0 Å². The second kappa shape index (κ2) is 4.89. The predicted octanol–water partition coefficient (Wildman–Crippen LogP) is 1.56. The van der Waals surface area contributed by atoms with Gasteiger partial charge in [-0.05, 0) is 19.4 Å². The lowest BCUT2D eigenvalue weighted by Gasteiger charge is -2.28. The number of nitrogens with zero attached hydrogens (tertiary/aromatic N) is 2. The van der Waals surface area contributed by atoms with Gasteiger partial charge < -0.3 is 10.4 Å². The molecule has 6 nitrogen and oxygen atoms in total. The molecule has 1 unspecified atom stereocenters. The van der Waals surface area contributed by atoms with E-state index in [1.54, 1.807) is 6.92 Å². The predicted molar refractivity (Wildman–Crippen MR) is 60.3 cm³/mol. The fourth-order valence-electron chi connectivity index (χ4n) is 1.20. The quantitative estimate of drug-likeness (QED) is 0.586. The first kappa shape index (κ1) is 12.4. The first-order valence-electron chi connectivity index (χ1n) is 5.00. The van der Waals surface area contributed by atoms with Crippen molar-refractivity contribution in [2.75, 3.05) is 11.9 Å². The molecule has 6 heteroatoms. The van der Waals surface area contributed by atoms with Crippen LogP contribution in [0, 0.1) is 10.1 Å². The SMILES string of the molecule is CCC(C)(CO)Nc1ccncc1[N+](=O)[O-]. The first-order chi connectivity index (χ1) is 7.52. The Hall–Kier alpha value is -1.69. The number of nitro groups is 1. The number of hydrogen-bond donors (Lipinski definition) is 2. The van der Waals surface area contributed by atoms with E-state index in [2.05, 4.69) is 10.3 Å². The lowest BCUT2D eigenvalue weighted by Crippen LogP contribution is -2.38. The molecule has 0 saturated heterocycles. The summed E-state index contributed by atoms with van der Waals surface area (Å²) in [5.74, 6) is 0. The summed E-state index contributed by atoms with van der Waals surface area (Å²) < 4.78 is 0. The van der Waals surface area contributed by atoms with Gasteiger partial charge in [0, 0.05) is 6.20 Å². The van der Waals surface area contributed by atoms with Gasteiger partial charge in [0.25, 0.3) is 0 Å². The Morgan fingerprint density at radius 3 is 2.88 bits per heavy atom. The Labute approximate surface area is 93.5 Å². The Bertz CT molecular complexity index is 377. The molecule has 0 radical (unpaired) electrons. The van der Waals surface area contributed by atoms with Gasteiger partial charge in [-0.3, -0.25) is 15.1 Å². The van der Waals surface area contributed by atoms with Crippen molar-refractivity contribution >= 4 is 11.4 Å². The van der Waals surface area contributed by atoms with E-state index in [-0.39, 0.29) is 12.3 Å². The second-order valence-electron chi connectivity index (χ2n) is 3.85. The van der Waals surface area contributed by atoms with Crippen molar-refractivity contribution in [2.24, 2.45) is 0 Å². The number of hydrogen-bond acceptors (Lipinski definition) is 5. The summed E-state index contributed by atoms with van der Waals surface area (Å²) >= 11 is 0. The molecule has 0 amide bonds. The monoisotopic (exact) mass is 225 g/mol. The first-order valence-corrected chi connectivity index (χ1v) is 5.00. The maximum atomic E-state index is 10.7. The summed E-state index contributed by atoms with van der Waals surface area (Å²) in [6.07, 6.45) is 3.32. The zero-order chi connectivity index (χ0) is 12.2. The highest BCUT2D eigenvalue weighted by Crippen LogP contribution is 2.26. The van der Waals surface area contributed by atoms with Crippen molar-refractivity contribution in [3.05, 3.63) is 28.6 Å². The van der Waals surface area contributed by atoms with Crippen LogP contribution in [0.3, 0.4) is 0 Å². The average molecular weight is 225 g/mol. The maximum Gasteiger partial charge on any atom is 0.310 e. The van der Waals surface area contributed by atoms with Crippen LogP contribution >= 0.6 is 0 Å². The summed E-state index contributed by atoms with van der Waals surface area (Å²) in [5.41, 5.74) is -0.277. The Morgan fingerprint density at radius 1 is 1.69 bits per heavy atom. The van der Waals surface area contributed by atoms with Gasteiger partial charge in [-0.25, -0.2) is 0 Å². The number of anilines is 1. The fraction of sp³-hybridized carbons (Fsp3) is 0.500. The van der Waals surface area contributed by atoms with E-state index in [4.69, 9.17) is 0 Å². The van der Waals surface area contributed by atoms with Crippen molar-refractivity contribution < 1.29 is 10.0 Å². The minimum absolute atomic E-state index is 0.0874. The lowest BCUT2D eigenvalue weighted by atomic mass is 10.00. The Kier molecular flexibility index (Phi) is 3.78. The molecule has 0 aliphatic carbocycles. The van der Waals surface area contributed by atoms with Gasteiger partial charge >= 0.3 is 5.69 Å². The van der Waals surface area contributed by atoms with E-state index < -0.39 is 10.5 Å². The third-order valence-electron chi connectivity index (χ3n) is 2.56. The largest absolute Gasteiger partial charge is 0.394 e. The summed E-state index contributed by atoms with van der Waals surface area (Å²) in [7, 11) is 0. The van der Waals surface area contributed by atoms with Gasteiger partial charge in [0.1, 0.15) is 11.9 Å². The van der Waals surface area contributed by atoms with Crippen LogP contribution in [-0.4, -0.2) is 27.2 Å². The second-order valence-corrected chi connectivity index (χ2v) is 3.85. The number of rotatable bonds is 5. The number of pyridine rings is 1. The minimum Gasteiger partial charge on any atom is -0.394 e. The smallest absolute Gasteiger partial charge is 0.310 e. The third-order valence-corrected chi connectivity index (χ3v) is 2.56. The summed E-state index contributed by atoms with van der Waals surface area (Å²) in [6, 6.07) is 1.53. The summed E-state index contributed by atoms with van der Waals surface area (Å²) in [4.78, 5) is 14.0. The highest BCUT2D eigenvalue weighted by molar-refractivity contribution is 5.60. The molecule has 1 aromatic heterocycles. The molecule has 0 fully saturated rings. The number of aromatic nitrogens is 1. The van der Waals surface area contributed by atoms with Crippen LogP contribution in [0.5, 0.6) is 0 Å². The van der Waals surface area contributed by atoms with Crippen LogP contribution in [0.4, 0.5) is 11.4 Å². The van der Waals surface area contributed by atoms with Gasteiger partial charge in [0.15, 0.2) is 0 Å². The normalized spacial score (nSPS) is 14.2. The van der Waals surface area contributed by atoms with Crippen LogP contribution in [-0.2, 0) is 0 Å². The molecule has 16 heavy (non-hydrogen) atoms. The highest BCUT2D eigenvalue weighted by Gasteiger charge is 2.24. The molecule has 88 valence electrons.